The van der Waals surface area contributed by atoms with Crippen molar-refractivity contribution in [1.29, 1.82) is 0 Å². The van der Waals surface area contributed by atoms with E-state index in [4.69, 9.17) is 31.7 Å². The molecule has 0 bridgehead atoms. The van der Waals surface area contributed by atoms with Crippen LogP contribution in [-0.4, -0.2) is 60.7 Å². The third-order valence-corrected chi connectivity index (χ3v) is 9.95. The molecule has 55 heavy (non-hydrogen) atoms. The fourth-order valence-electron chi connectivity index (χ4n) is 4.71. The van der Waals surface area contributed by atoms with Crippen molar-refractivity contribution < 1.29 is 32.1 Å². The number of amides is 2. The average molecular weight is 803 g/mol. The van der Waals surface area contributed by atoms with Gasteiger partial charge in [0.25, 0.3) is 16.0 Å². The highest BCUT2D eigenvalue weighted by Crippen LogP contribution is 2.30. The summed E-state index contributed by atoms with van der Waals surface area (Å²) in [5, 5.41) is 6.33. The number of aromatic nitrogens is 2. The smallest absolute Gasteiger partial charge is 0.295 e. The molecule has 3 aromatic carbocycles. The molecule has 5 aromatic rings. The van der Waals surface area contributed by atoms with Gasteiger partial charge in [-0.2, -0.15) is 8.42 Å². The average Bonchev–Trinajstić information content (AvgIpc) is 3.20. The van der Waals surface area contributed by atoms with Gasteiger partial charge in [0.2, 0.25) is 5.91 Å². The van der Waals surface area contributed by atoms with E-state index >= 15 is 0 Å². The number of hydrogen-bond donors (Lipinski definition) is 5. The van der Waals surface area contributed by atoms with E-state index in [9.17, 15) is 22.8 Å². The predicted molar refractivity (Wildman–Crippen MR) is 214 cm³/mol. The number of aldehydes is 1. The second kappa shape index (κ2) is 22.0. The Hall–Kier alpha value is -5.58. The molecule has 2 aromatic heterocycles. The lowest BCUT2D eigenvalue weighted by Crippen LogP contribution is -2.29. The van der Waals surface area contributed by atoms with E-state index in [1.54, 1.807) is 30.0 Å². The number of nitrogens with two attached hydrogens (primary N) is 1. The molecule has 0 fully saturated rings. The lowest BCUT2D eigenvalue weighted by atomic mass is 10.2. The number of benzene rings is 3. The maximum Gasteiger partial charge on any atom is 0.295 e. The first-order valence-electron chi connectivity index (χ1n) is 16.8. The number of halogens is 1. The number of pyridine rings is 2. The number of nitrogens with one attached hydrogen (secondary N) is 3. The van der Waals surface area contributed by atoms with Crippen LogP contribution in [0.25, 0.3) is 6.08 Å². The van der Waals surface area contributed by atoms with Gasteiger partial charge in [-0.3, -0.25) is 18.9 Å². The van der Waals surface area contributed by atoms with Crippen molar-refractivity contribution in [3.63, 3.8) is 0 Å². The molecule has 0 unspecified atom stereocenters. The standard InChI is InChI=1S/C32H33ClN6O3S.C7H6O4S/c33-26-9-4-5-10-29(26)43-22-25-12-14-28(42-20-17-23-7-2-1-3-8-23)27(38-25)13-16-31(40)35-18-6-19-36-32(41)24-11-15-30(39-34)37-21-24;8-5-6-3-1-2-4-7(6)12(9,10)11/h1-5,7-16,21H,6,17-20,22,34H2,(H,35,40)(H,36,41)(H,37,39);1-5H,(H,9,10,11). The van der Waals surface area contributed by atoms with Gasteiger partial charge in [0.15, 0.2) is 6.29 Å². The quantitative estimate of drug-likeness (QED) is 0.0139. The van der Waals surface area contributed by atoms with Crippen LogP contribution in [0.1, 0.15) is 44.1 Å². The summed E-state index contributed by atoms with van der Waals surface area (Å²) < 4.78 is 35.9. The number of carbonyl (C=O) groups excluding carboxylic acids is 3. The Balaban J connectivity index is 0.000000477. The van der Waals surface area contributed by atoms with Crippen LogP contribution in [0.3, 0.4) is 0 Å². The Morgan fingerprint density at radius 1 is 0.909 bits per heavy atom. The van der Waals surface area contributed by atoms with Crippen molar-refractivity contribution in [2.45, 2.75) is 28.4 Å². The molecule has 286 valence electrons. The minimum atomic E-state index is -4.28. The maximum atomic E-state index is 12.5. The van der Waals surface area contributed by atoms with Gasteiger partial charge in [-0.05, 0) is 60.5 Å². The van der Waals surface area contributed by atoms with Crippen LogP contribution in [0.4, 0.5) is 5.82 Å². The summed E-state index contributed by atoms with van der Waals surface area (Å²) in [6.07, 6.45) is 6.22. The molecule has 0 radical (unpaired) electrons. The molecule has 13 nitrogen and oxygen atoms in total. The zero-order valence-electron chi connectivity index (χ0n) is 29.4. The van der Waals surface area contributed by atoms with Crippen LogP contribution in [0.2, 0.25) is 5.02 Å². The number of hydrazine groups is 1. The van der Waals surface area contributed by atoms with Crippen molar-refractivity contribution in [1.82, 2.24) is 20.6 Å². The van der Waals surface area contributed by atoms with Gasteiger partial charge in [-0.1, -0.05) is 72.3 Å². The predicted octanol–water partition coefficient (Wildman–Crippen LogP) is 6.02. The molecule has 0 saturated heterocycles. The van der Waals surface area contributed by atoms with E-state index in [1.807, 2.05) is 54.6 Å². The zero-order chi connectivity index (χ0) is 39.5. The molecule has 2 amide bonds. The lowest BCUT2D eigenvalue weighted by Gasteiger charge is -2.11. The van der Waals surface area contributed by atoms with E-state index in [-0.39, 0.29) is 22.3 Å². The first-order chi connectivity index (χ1) is 26.6. The van der Waals surface area contributed by atoms with E-state index < -0.39 is 10.1 Å². The van der Waals surface area contributed by atoms with Gasteiger partial charge < -0.3 is 20.8 Å². The van der Waals surface area contributed by atoms with Gasteiger partial charge in [0.1, 0.15) is 22.2 Å². The number of hydrogen-bond acceptors (Lipinski definition) is 11. The molecule has 0 aliphatic rings. The Bertz CT molecular complexity index is 2170. The molecular formula is C39H39ClN6O7S2. The molecule has 0 saturated carbocycles. The fraction of sp³-hybridized carbons (Fsp3) is 0.154. The van der Waals surface area contributed by atoms with E-state index in [0.717, 1.165) is 17.0 Å². The van der Waals surface area contributed by atoms with Crippen molar-refractivity contribution in [2.24, 2.45) is 5.84 Å². The summed E-state index contributed by atoms with van der Waals surface area (Å²) in [5.41, 5.74) is 5.37. The maximum absolute atomic E-state index is 12.5. The summed E-state index contributed by atoms with van der Waals surface area (Å²) in [6, 6.07) is 30.2. The molecule has 5 rings (SSSR count). The van der Waals surface area contributed by atoms with Gasteiger partial charge in [0, 0.05) is 48.0 Å². The van der Waals surface area contributed by atoms with Gasteiger partial charge in [0.05, 0.1) is 22.9 Å². The molecule has 0 aliphatic carbocycles. The van der Waals surface area contributed by atoms with Crippen molar-refractivity contribution >= 4 is 63.5 Å². The second-order valence-corrected chi connectivity index (χ2v) is 14.2. The number of rotatable bonds is 17. The van der Waals surface area contributed by atoms with E-state index in [2.05, 4.69) is 33.2 Å². The van der Waals surface area contributed by atoms with Crippen LogP contribution in [0.5, 0.6) is 5.75 Å². The van der Waals surface area contributed by atoms with Crippen LogP contribution >= 0.6 is 23.4 Å². The topological polar surface area (TPSA) is 203 Å². The minimum Gasteiger partial charge on any atom is -0.491 e. The normalized spacial score (nSPS) is 10.9. The van der Waals surface area contributed by atoms with Crippen LogP contribution in [0, 0.1) is 0 Å². The van der Waals surface area contributed by atoms with E-state index in [0.29, 0.717) is 66.0 Å². The number of anilines is 1. The lowest BCUT2D eigenvalue weighted by molar-refractivity contribution is -0.116. The number of thioether (sulfide) groups is 1. The molecule has 6 N–H and O–H groups in total. The molecule has 2 heterocycles. The van der Waals surface area contributed by atoms with Gasteiger partial charge >= 0.3 is 0 Å². The monoisotopic (exact) mass is 802 g/mol. The number of ether oxygens (including phenoxy) is 1. The molecule has 0 spiro atoms. The van der Waals surface area contributed by atoms with Crippen LogP contribution in [-0.2, 0) is 27.1 Å². The second-order valence-electron chi connectivity index (χ2n) is 11.4. The third-order valence-electron chi connectivity index (χ3n) is 7.48. The highest BCUT2D eigenvalue weighted by Gasteiger charge is 2.13. The highest BCUT2D eigenvalue weighted by molar-refractivity contribution is 7.98. The summed E-state index contributed by atoms with van der Waals surface area (Å²) >= 11 is 7.90. The molecular weight excluding hydrogens is 764 g/mol. The van der Waals surface area contributed by atoms with Crippen molar-refractivity contribution in [3.8, 4) is 5.75 Å². The number of carbonyl (C=O) groups is 3. The largest absolute Gasteiger partial charge is 0.491 e. The first kappa shape index (κ1) is 42.2. The Kier molecular flexibility index (Phi) is 16.8. The third kappa shape index (κ3) is 14.3. The van der Waals surface area contributed by atoms with Crippen molar-refractivity contribution in [3.05, 3.63) is 149 Å². The zero-order valence-corrected chi connectivity index (χ0v) is 31.8. The van der Waals surface area contributed by atoms with Gasteiger partial charge in [-0.15, -0.1) is 11.8 Å². The first-order valence-corrected chi connectivity index (χ1v) is 19.6. The minimum absolute atomic E-state index is 0.0417. The number of nitrogens with zero attached hydrogens (tertiary/aromatic N) is 2. The van der Waals surface area contributed by atoms with Crippen molar-refractivity contribution in [2.75, 3.05) is 25.1 Å². The van der Waals surface area contributed by atoms with Crippen LogP contribution in [0.15, 0.2) is 125 Å². The summed E-state index contributed by atoms with van der Waals surface area (Å²) in [5.74, 6) is 6.45. The Morgan fingerprint density at radius 3 is 2.33 bits per heavy atom. The number of nitrogen functional groups attached to an aromatic ring is 1. The highest BCUT2D eigenvalue weighted by atomic mass is 35.5. The van der Waals surface area contributed by atoms with Gasteiger partial charge in [-0.25, -0.2) is 15.8 Å². The summed E-state index contributed by atoms with van der Waals surface area (Å²) in [7, 11) is -4.28. The van der Waals surface area contributed by atoms with Crippen LogP contribution < -0.4 is 26.6 Å². The fourth-order valence-corrected chi connectivity index (χ4v) is 6.52. The molecule has 0 atom stereocenters. The molecule has 0 aliphatic heterocycles. The SMILES string of the molecule is NNc1ccc(C(=O)NCCCNC(=O)C=Cc2nc(CSc3ccccc3Cl)ccc2OCCc2ccccc2)cn1.O=Cc1ccccc1S(=O)(=O)O. The van der Waals surface area contributed by atoms with E-state index in [1.165, 1.54) is 42.1 Å². The Morgan fingerprint density at radius 2 is 1.64 bits per heavy atom. The summed E-state index contributed by atoms with van der Waals surface area (Å²) in [6.45, 7) is 1.26. The molecule has 16 heteroatoms. The Labute approximate surface area is 328 Å². The summed E-state index contributed by atoms with van der Waals surface area (Å²) in [4.78, 5) is 44.5.